The van der Waals surface area contributed by atoms with E-state index in [1.54, 1.807) is 41.5 Å². The topological polar surface area (TPSA) is 334 Å². The first-order valence-electron chi connectivity index (χ1n) is 22.3. The van der Waals surface area contributed by atoms with E-state index in [1.165, 1.54) is 48.5 Å². The van der Waals surface area contributed by atoms with Crippen molar-refractivity contribution in [3.63, 3.8) is 0 Å². The molecule has 0 amide bonds. The molecular formula is C46H67IO27. The third-order valence-electron chi connectivity index (χ3n) is 9.29. The molecule has 6 aliphatic rings. The van der Waals surface area contributed by atoms with Crippen LogP contribution in [0.1, 0.15) is 111 Å². The van der Waals surface area contributed by atoms with Gasteiger partial charge < -0.3 is 90.7 Å². The molecule has 0 aromatic rings. The lowest BCUT2D eigenvalue weighted by atomic mass is 10.2. The van der Waals surface area contributed by atoms with E-state index in [9.17, 15) is 43.5 Å². The highest BCUT2D eigenvalue weighted by atomic mass is 127. The summed E-state index contributed by atoms with van der Waals surface area (Å²) in [6.07, 6.45) is -7.94. The van der Waals surface area contributed by atoms with E-state index >= 15 is 0 Å². The van der Waals surface area contributed by atoms with Crippen molar-refractivity contribution in [3.8, 4) is 0 Å². The zero-order valence-electron chi connectivity index (χ0n) is 42.9. The predicted molar refractivity (Wildman–Crippen MR) is 251 cm³/mol. The lowest BCUT2D eigenvalue weighted by Crippen LogP contribution is -2.34. The highest BCUT2D eigenvalue weighted by Gasteiger charge is 2.51. The van der Waals surface area contributed by atoms with Gasteiger partial charge in [0, 0.05) is 55.4 Å². The fourth-order valence-corrected chi connectivity index (χ4v) is 7.17. The number of cyclic esters (lactones) is 3. The molecule has 0 aromatic carbocycles. The van der Waals surface area contributed by atoms with E-state index in [4.69, 9.17) is 80.9 Å². The predicted octanol–water partition coefficient (Wildman–Crippen LogP) is 4.25. The van der Waals surface area contributed by atoms with Gasteiger partial charge in [-0.05, 0) is 71.1 Å². The van der Waals surface area contributed by atoms with E-state index in [2.05, 4.69) is 4.74 Å². The van der Waals surface area contributed by atoms with Crippen LogP contribution in [0.3, 0.4) is 0 Å². The second-order valence-corrected chi connectivity index (χ2v) is 19.1. The van der Waals surface area contributed by atoms with Crippen molar-refractivity contribution < 1.29 is 129 Å². The summed E-state index contributed by atoms with van der Waals surface area (Å²) in [6.45, 7) is 23.1. The van der Waals surface area contributed by atoms with E-state index in [1.807, 2.05) is 29.5 Å². The molecule has 0 radical (unpaired) electrons. The van der Waals surface area contributed by atoms with Crippen molar-refractivity contribution in [2.45, 2.75) is 188 Å². The molecule has 0 spiro atoms. The molecule has 0 bridgehead atoms. The number of aliphatic hydroxyl groups is 2. The fourth-order valence-electron chi connectivity index (χ4n) is 6.81. The number of carbonyl (C=O) groups is 8. The SMILES string of the molecule is C.CC(=O)OC(C)I.CC(=O)OC(C)OC1=C(OC(C)OC(C)=O)C(C2COC(C)(C)O2)OC1=O.CC(=O)OC1=C(OC(C)OC(C)=O)C(C2COC(C)(C)O2)OC1=O.CC1(C)OCC(C2OC(=O)C(O)=C2O)O1. The molecule has 420 valence electrons. The number of hydrogen-bond donors (Lipinski definition) is 2. The minimum Gasteiger partial charge on any atom is -0.505 e. The lowest BCUT2D eigenvalue weighted by molar-refractivity contribution is -0.176. The van der Waals surface area contributed by atoms with Gasteiger partial charge in [-0.3, -0.25) is 24.0 Å². The first-order valence-corrected chi connectivity index (χ1v) is 23.5. The van der Waals surface area contributed by atoms with E-state index in [0.29, 0.717) is 0 Å². The Morgan fingerprint density at radius 1 is 0.514 bits per heavy atom. The van der Waals surface area contributed by atoms with Crippen LogP contribution in [0.15, 0.2) is 34.6 Å². The molecule has 0 saturated carbocycles. The number of carbonyl (C=O) groups excluding carboxylic acids is 8. The molecule has 10 atom stereocenters. The molecule has 3 saturated heterocycles. The Bertz CT molecular complexity index is 2160. The van der Waals surface area contributed by atoms with Crippen LogP contribution < -0.4 is 0 Å². The summed E-state index contributed by atoms with van der Waals surface area (Å²) in [5.41, 5.74) is 0. The highest BCUT2D eigenvalue weighted by Crippen LogP contribution is 2.37. The van der Waals surface area contributed by atoms with E-state index in [-0.39, 0.29) is 60.4 Å². The maximum Gasteiger partial charge on any atom is 0.378 e. The summed E-state index contributed by atoms with van der Waals surface area (Å²) in [4.78, 5) is 89.7. The minimum atomic E-state index is -1.07. The van der Waals surface area contributed by atoms with Crippen LogP contribution in [0, 0.1) is 0 Å². The molecule has 3 fully saturated rings. The van der Waals surface area contributed by atoms with Crippen molar-refractivity contribution in [2.75, 3.05) is 19.8 Å². The summed E-state index contributed by atoms with van der Waals surface area (Å²) >= 11 is 2.01. The second kappa shape index (κ2) is 27.3. The second-order valence-electron chi connectivity index (χ2n) is 17.3. The molecule has 6 heterocycles. The van der Waals surface area contributed by atoms with Gasteiger partial charge >= 0.3 is 47.8 Å². The molecule has 0 aliphatic carbocycles. The van der Waals surface area contributed by atoms with Crippen molar-refractivity contribution in [3.05, 3.63) is 34.6 Å². The third-order valence-corrected chi connectivity index (χ3v) is 9.54. The van der Waals surface area contributed by atoms with Crippen LogP contribution >= 0.6 is 22.6 Å². The number of alkyl halides is 1. The number of ether oxygens (including phenoxy) is 17. The number of hydrogen-bond acceptors (Lipinski definition) is 27. The van der Waals surface area contributed by atoms with Crippen LogP contribution in [0.2, 0.25) is 0 Å². The zero-order valence-corrected chi connectivity index (χ0v) is 45.0. The summed E-state index contributed by atoms with van der Waals surface area (Å²) < 4.78 is 88.9. The van der Waals surface area contributed by atoms with Gasteiger partial charge in [0.2, 0.25) is 24.6 Å². The zero-order chi connectivity index (χ0) is 55.5. The van der Waals surface area contributed by atoms with Crippen LogP contribution in [0.25, 0.3) is 0 Å². The summed E-state index contributed by atoms with van der Waals surface area (Å²) in [5, 5.41) is 18.5. The number of halogens is 1. The van der Waals surface area contributed by atoms with Gasteiger partial charge in [0.25, 0.3) is 11.5 Å². The number of rotatable bonds is 14. The van der Waals surface area contributed by atoms with Crippen LogP contribution in [-0.2, 0) is 119 Å². The molecule has 0 aromatic heterocycles. The summed E-state index contributed by atoms with van der Waals surface area (Å²) in [6, 6.07) is 0. The maximum atomic E-state index is 12.3. The maximum absolute atomic E-state index is 12.3. The third kappa shape index (κ3) is 20.0. The molecule has 28 heteroatoms. The Morgan fingerprint density at radius 3 is 1.12 bits per heavy atom. The van der Waals surface area contributed by atoms with Crippen LogP contribution in [0.4, 0.5) is 0 Å². The largest absolute Gasteiger partial charge is 0.505 e. The first kappa shape index (κ1) is 64.6. The summed E-state index contributed by atoms with van der Waals surface area (Å²) in [5.74, 6) is -9.80. The Morgan fingerprint density at radius 2 is 0.838 bits per heavy atom. The average Bonchev–Trinajstić information content (AvgIpc) is 4.06. The highest BCUT2D eigenvalue weighted by molar-refractivity contribution is 14.1. The van der Waals surface area contributed by atoms with Gasteiger partial charge in [0.15, 0.2) is 53.0 Å². The Kier molecular flexibility index (Phi) is 23.8. The van der Waals surface area contributed by atoms with Crippen molar-refractivity contribution in [2.24, 2.45) is 0 Å². The fraction of sp³-hybridized carbons (Fsp3) is 0.696. The van der Waals surface area contributed by atoms with Gasteiger partial charge in [-0.2, -0.15) is 0 Å². The molecule has 27 nitrogen and oxygen atoms in total. The van der Waals surface area contributed by atoms with Crippen molar-refractivity contribution in [1.82, 2.24) is 0 Å². The Hall–Kier alpha value is -5.53. The number of esters is 8. The quantitative estimate of drug-likeness (QED) is 0.0807. The van der Waals surface area contributed by atoms with Gasteiger partial charge in [-0.25, -0.2) is 14.4 Å². The molecule has 10 unspecified atom stereocenters. The Labute approximate surface area is 440 Å². The molecule has 6 rings (SSSR count). The minimum absolute atomic E-state index is 0. The standard InChI is InChI=1S/C17H24O10.C15H20O9.C9H12O6.C4H7IO2.CH4/c1-8(18)22-10(3)24-14-13(12-7-21-17(5,6)27-12)26-16(20)15(14)25-11(4)23-9(2)19;1-7(16)20-9(3)22-12-11(10-6-19-15(4,5)24-10)23-14(18)13(12)21-8(2)17;1-9(2)13-3-4(15-9)7-5(10)6(11)8(12)14-7;1-3(5)7-4(2)6;/h10-13H,7H2,1-6H3;9-11H,6H2,1-5H3;4,7,10-11H,3H2,1-2H3;3H,1-2H3;1H4. The van der Waals surface area contributed by atoms with Crippen LogP contribution in [0.5, 0.6) is 0 Å². The molecule has 74 heavy (non-hydrogen) atoms. The smallest absolute Gasteiger partial charge is 0.378 e. The Balaban J connectivity index is 0.000000364. The number of aliphatic hydroxyl groups excluding tert-OH is 2. The molecule has 2 N–H and O–H groups in total. The van der Waals surface area contributed by atoms with Gasteiger partial charge in [0.1, 0.15) is 22.4 Å². The van der Waals surface area contributed by atoms with E-state index < -0.39 is 126 Å². The molecular weight excluding hydrogens is 1110 g/mol. The van der Waals surface area contributed by atoms with E-state index in [0.717, 1.165) is 6.92 Å². The van der Waals surface area contributed by atoms with Crippen LogP contribution in [-0.4, -0.2) is 155 Å². The summed E-state index contributed by atoms with van der Waals surface area (Å²) in [7, 11) is 0. The lowest BCUT2D eigenvalue weighted by Gasteiger charge is -2.23. The van der Waals surface area contributed by atoms with Gasteiger partial charge in [-0.15, -0.1) is 0 Å². The van der Waals surface area contributed by atoms with Gasteiger partial charge in [-0.1, -0.05) is 7.43 Å². The average molecular weight is 1180 g/mol. The van der Waals surface area contributed by atoms with Gasteiger partial charge in [0.05, 0.1) is 19.8 Å². The van der Waals surface area contributed by atoms with Crippen molar-refractivity contribution >= 4 is 70.3 Å². The monoisotopic (exact) mass is 1180 g/mol. The molecule has 6 aliphatic heterocycles. The first-order chi connectivity index (χ1) is 33.6. The van der Waals surface area contributed by atoms with Crippen molar-refractivity contribution in [1.29, 1.82) is 0 Å². The normalized spacial score (nSPS) is 26.5.